The number of hydrogen-bond acceptors (Lipinski definition) is 3. The zero-order valence-corrected chi connectivity index (χ0v) is 13.8. The van der Waals surface area contributed by atoms with Gasteiger partial charge in [0.15, 0.2) is 5.58 Å². The topological polar surface area (TPSA) is 64.2 Å². The van der Waals surface area contributed by atoms with Gasteiger partial charge in [-0.1, -0.05) is 35.9 Å². The summed E-state index contributed by atoms with van der Waals surface area (Å²) in [7, 11) is 0. The summed E-state index contributed by atoms with van der Waals surface area (Å²) in [6.45, 7) is 0.837. The molecule has 5 nitrogen and oxygen atoms in total. The van der Waals surface area contributed by atoms with Gasteiger partial charge in [0.1, 0.15) is 0 Å². The zero-order chi connectivity index (χ0) is 16.9. The van der Waals surface area contributed by atoms with Gasteiger partial charge < -0.3 is 9.73 Å². The molecule has 0 spiro atoms. The quantitative estimate of drug-likeness (QED) is 0.747. The number of carbonyl (C=O) groups is 1. The Morgan fingerprint density at radius 1 is 1.12 bits per heavy atom. The molecule has 0 aliphatic carbocycles. The standard InChI is InChI=1S/C18H17ClN2O3/c19-14-7-5-13(6-8-14)9-11-20-17(22)10-12-21-15-3-1-2-4-16(15)24-18(21)23/h1-8H,9-12H2,(H,20,22). The molecule has 0 radical (unpaired) electrons. The molecule has 0 atom stereocenters. The Kier molecular flexibility index (Phi) is 5.01. The lowest BCUT2D eigenvalue weighted by Gasteiger charge is -2.06. The fourth-order valence-electron chi connectivity index (χ4n) is 2.52. The van der Waals surface area contributed by atoms with Crippen molar-refractivity contribution < 1.29 is 9.21 Å². The van der Waals surface area contributed by atoms with E-state index in [9.17, 15) is 9.59 Å². The van der Waals surface area contributed by atoms with Crippen LogP contribution in [0.5, 0.6) is 0 Å². The average Bonchev–Trinajstić information content (AvgIpc) is 2.90. The number of aromatic nitrogens is 1. The molecule has 0 aliphatic rings. The van der Waals surface area contributed by atoms with Gasteiger partial charge >= 0.3 is 5.76 Å². The normalized spacial score (nSPS) is 10.9. The van der Waals surface area contributed by atoms with Crippen LogP contribution in [0.4, 0.5) is 0 Å². The molecule has 0 unspecified atom stereocenters. The van der Waals surface area contributed by atoms with Crippen molar-refractivity contribution in [1.82, 2.24) is 9.88 Å². The van der Waals surface area contributed by atoms with E-state index in [1.165, 1.54) is 4.57 Å². The summed E-state index contributed by atoms with van der Waals surface area (Å²) in [6.07, 6.45) is 0.960. The second-order valence-corrected chi connectivity index (χ2v) is 5.90. The molecule has 0 bridgehead atoms. The third kappa shape index (κ3) is 3.86. The first kappa shape index (κ1) is 16.3. The van der Waals surface area contributed by atoms with Crippen LogP contribution in [0.25, 0.3) is 11.1 Å². The van der Waals surface area contributed by atoms with E-state index in [2.05, 4.69) is 5.32 Å². The maximum Gasteiger partial charge on any atom is 0.419 e. The van der Waals surface area contributed by atoms with Crippen molar-refractivity contribution in [3.63, 3.8) is 0 Å². The minimum absolute atomic E-state index is 0.0962. The van der Waals surface area contributed by atoms with Gasteiger partial charge in [-0.2, -0.15) is 0 Å². The molecular formula is C18H17ClN2O3. The van der Waals surface area contributed by atoms with E-state index < -0.39 is 5.76 Å². The highest BCUT2D eigenvalue weighted by molar-refractivity contribution is 6.30. The molecular weight excluding hydrogens is 328 g/mol. The Balaban J connectivity index is 1.51. The summed E-state index contributed by atoms with van der Waals surface area (Å²) in [4.78, 5) is 23.8. The number of hydrogen-bond donors (Lipinski definition) is 1. The minimum atomic E-state index is -0.440. The van der Waals surface area contributed by atoms with Gasteiger partial charge in [0.05, 0.1) is 5.52 Å². The van der Waals surface area contributed by atoms with Crippen LogP contribution >= 0.6 is 11.6 Å². The zero-order valence-electron chi connectivity index (χ0n) is 13.0. The Morgan fingerprint density at radius 3 is 2.67 bits per heavy atom. The number of oxazole rings is 1. The van der Waals surface area contributed by atoms with E-state index in [0.717, 1.165) is 12.0 Å². The Hall–Kier alpha value is -2.53. The monoisotopic (exact) mass is 344 g/mol. The van der Waals surface area contributed by atoms with E-state index >= 15 is 0 Å². The molecule has 24 heavy (non-hydrogen) atoms. The van der Waals surface area contributed by atoms with Crippen molar-refractivity contribution in [2.24, 2.45) is 0 Å². The van der Waals surface area contributed by atoms with Crippen LogP contribution < -0.4 is 11.1 Å². The number of rotatable bonds is 6. The van der Waals surface area contributed by atoms with Gasteiger partial charge in [0, 0.05) is 24.5 Å². The first-order chi connectivity index (χ1) is 11.6. The maximum atomic E-state index is 12.0. The van der Waals surface area contributed by atoms with Gasteiger partial charge in [0.25, 0.3) is 0 Å². The largest absolute Gasteiger partial charge is 0.419 e. The fourth-order valence-corrected chi connectivity index (χ4v) is 2.65. The molecule has 1 amide bonds. The van der Waals surface area contributed by atoms with Crippen molar-refractivity contribution in [2.75, 3.05) is 6.54 Å². The molecule has 0 aliphatic heterocycles. The molecule has 0 saturated carbocycles. The number of amides is 1. The summed E-state index contributed by atoms with van der Waals surface area (Å²) in [5.41, 5.74) is 2.35. The first-order valence-corrected chi connectivity index (χ1v) is 8.11. The summed E-state index contributed by atoms with van der Waals surface area (Å²) >= 11 is 5.84. The number of para-hydroxylation sites is 2. The fraction of sp³-hybridized carbons (Fsp3) is 0.222. The summed E-state index contributed by atoms with van der Waals surface area (Å²) in [5, 5.41) is 3.55. The van der Waals surface area contributed by atoms with Crippen LogP contribution in [0, 0.1) is 0 Å². The smallest absolute Gasteiger partial charge is 0.408 e. The molecule has 124 valence electrons. The maximum absolute atomic E-state index is 12.0. The van der Waals surface area contributed by atoms with E-state index in [0.29, 0.717) is 29.2 Å². The lowest BCUT2D eigenvalue weighted by Crippen LogP contribution is -2.27. The van der Waals surface area contributed by atoms with Crippen LogP contribution in [0.1, 0.15) is 12.0 Å². The molecule has 3 rings (SSSR count). The van der Waals surface area contributed by atoms with E-state index in [-0.39, 0.29) is 12.3 Å². The van der Waals surface area contributed by atoms with Crippen LogP contribution in [0.2, 0.25) is 5.02 Å². The number of benzene rings is 2. The predicted molar refractivity (Wildman–Crippen MR) is 93.3 cm³/mol. The molecule has 1 heterocycles. The van der Waals surface area contributed by atoms with Crippen molar-refractivity contribution in [3.8, 4) is 0 Å². The average molecular weight is 345 g/mol. The first-order valence-electron chi connectivity index (χ1n) is 7.73. The summed E-state index contributed by atoms with van der Waals surface area (Å²) in [6, 6.07) is 14.7. The summed E-state index contributed by atoms with van der Waals surface area (Å²) < 4.78 is 6.63. The number of fused-ring (bicyclic) bond motifs is 1. The highest BCUT2D eigenvalue weighted by atomic mass is 35.5. The van der Waals surface area contributed by atoms with Gasteiger partial charge in [0.2, 0.25) is 5.91 Å². The number of halogens is 1. The third-order valence-corrected chi connectivity index (χ3v) is 4.04. The van der Waals surface area contributed by atoms with Crippen molar-refractivity contribution in [2.45, 2.75) is 19.4 Å². The number of carbonyl (C=O) groups excluding carboxylic acids is 1. The van der Waals surface area contributed by atoms with Crippen LogP contribution in [-0.2, 0) is 17.8 Å². The highest BCUT2D eigenvalue weighted by Crippen LogP contribution is 2.12. The van der Waals surface area contributed by atoms with E-state index in [1.807, 2.05) is 30.3 Å². The van der Waals surface area contributed by atoms with Crippen LogP contribution in [0.15, 0.2) is 57.7 Å². The van der Waals surface area contributed by atoms with E-state index in [4.69, 9.17) is 16.0 Å². The van der Waals surface area contributed by atoms with Crippen molar-refractivity contribution in [3.05, 3.63) is 69.7 Å². The Bertz CT molecular complexity index is 897. The van der Waals surface area contributed by atoms with Crippen LogP contribution in [-0.4, -0.2) is 17.0 Å². The Morgan fingerprint density at radius 2 is 1.88 bits per heavy atom. The van der Waals surface area contributed by atoms with Gasteiger partial charge in [-0.15, -0.1) is 0 Å². The Labute approximate surface area is 143 Å². The molecule has 6 heteroatoms. The molecule has 2 aromatic carbocycles. The highest BCUT2D eigenvalue weighted by Gasteiger charge is 2.10. The minimum Gasteiger partial charge on any atom is -0.408 e. The second-order valence-electron chi connectivity index (χ2n) is 5.46. The molecule has 1 aromatic heterocycles. The number of nitrogens with zero attached hydrogens (tertiary/aromatic N) is 1. The van der Waals surface area contributed by atoms with Crippen molar-refractivity contribution in [1.29, 1.82) is 0 Å². The summed E-state index contributed by atoms with van der Waals surface area (Å²) in [5.74, 6) is -0.536. The second kappa shape index (κ2) is 7.36. The third-order valence-electron chi connectivity index (χ3n) is 3.79. The lowest BCUT2D eigenvalue weighted by molar-refractivity contribution is -0.121. The van der Waals surface area contributed by atoms with Crippen molar-refractivity contribution >= 4 is 28.6 Å². The predicted octanol–water partition coefficient (Wildman–Crippen LogP) is 3.00. The van der Waals surface area contributed by atoms with Gasteiger partial charge in [-0.25, -0.2) is 4.79 Å². The molecule has 0 saturated heterocycles. The van der Waals surface area contributed by atoms with Gasteiger partial charge in [-0.3, -0.25) is 9.36 Å². The molecule has 3 aromatic rings. The molecule has 1 N–H and O–H groups in total. The number of nitrogens with one attached hydrogen (secondary N) is 1. The van der Waals surface area contributed by atoms with Gasteiger partial charge in [-0.05, 0) is 36.2 Å². The number of aryl methyl sites for hydroxylation is 1. The molecule has 0 fully saturated rings. The van der Waals surface area contributed by atoms with E-state index in [1.54, 1.807) is 18.2 Å². The van der Waals surface area contributed by atoms with Crippen LogP contribution in [0.3, 0.4) is 0 Å². The lowest BCUT2D eigenvalue weighted by atomic mass is 10.1. The SMILES string of the molecule is O=C(CCn1c(=O)oc2ccccc21)NCCc1ccc(Cl)cc1.